The third-order valence-electron chi connectivity index (χ3n) is 3.54. The van der Waals surface area contributed by atoms with E-state index in [9.17, 15) is 9.59 Å². The smallest absolute Gasteiger partial charge is 0.373 e. The van der Waals surface area contributed by atoms with Gasteiger partial charge in [0.25, 0.3) is 5.91 Å². The van der Waals surface area contributed by atoms with Gasteiger partial charge in [-0.15, -0.1) is 0 Å². The van der Waals surface area contributed by atoms with Crippen LogP contribution in [-0.2, 0) is 11.8 Å². The third kappa shape index (κ3) is 2.83. The Balaban J connectivity index is 1.87. The summed E-state index contributed by atoms with van der Waals surface area (Å²) in [5.41, 5.74) is 2.77. The molecule has 1 N–H and O–H groups in total. The molecule has 2 heterocycles. The summed E-state index contributed by atoms with van der Waals surface area (Å²) in [5, 5.41) is 3.55. The van der Waals surface area contributed by atoms with Gasteiger partial charge in [-0.1, -0.05) is 0 Å². The van der Waals surface area contributed by atoms with Crippen molar-refractivity contribution in [2.45, 2.75) is 6.92 Å². The molecule has 6 nitrogen and oxygen atoms in total. The Morgan fingerprint density at radius 2 is 2.00 bits per heavy atom. The number of hydrogen-bond donors (Lipinski definition) is 1. The molecule has 0 saturated heterocycles. The Hall–Kier alpha value is -3.02. The number of furan rings is 1. The van der Waals surface area contributed by atoms with E-state index in [0.29, 0.717) is 22.4 Å². The highest BCUT2D eigenvalue weighted by atomic mass is 16.5. The Morgan fingerprint density at radius 3 is 2.65 bits per heavy atom. The normalized spacial score (nSPS) is 10.7. The van der Waals surface area contributed by atoms with Crippen LogP contribution in [0.4, 0.5) is 5.69 Å². The number of nitrogens with one attached hydrogen (secondary N) is 1. The van der Waals surface area contributed by atoms with E-state index in [1.807, 2.05) is 26.2 Å². The summed E-state index contributed by atoms with van der Waals surface area (Å²) in [7, 11) is 3.12. The van der Waals surface area contributed by atoms with E-state index in [-0.39, 0.29) is 11.7 Å². The van der Waals surface area contributed by atoms with E-state index >= 15 is 0 Å². The fourth-order valence-electron chi connectivity index (χ4n) is 2.47. The number of fused-ring (bicyclic) bond motifs is 1. The lowest BCUT2D eigenvalue weighted by atomic mass is 10.2. The molecule has 0 aliphatic heterocycles. The van der Waals surface area contributed by atoms with Crippen LogP contribution in [-0.4, -0.2) is 23.6 Å². The van der Waals surface area contributed by atoms with E-state index in [2.05, 4.69) is 10.1 Å². The van der Waals surface area contributed by atoms with Crippen LogP contribution in [0, 0.1) is 6.92 Å². The lowest BCUT2D eigenvalue weighted by molar-refractivity contribution is 0.0567. The van der Waals surface area contributed by atoms with Crippen LogP contribution in [0.15, 0.2) is 40.9 Å². The Labute approximate surface area is 132 Å². The highest BCUT2D eigenvalue weighted by Crippen LogP contribution is 2.24. The van der Waals surface area contributed by atoms with Gasteiger partial charge < -0.3 is 19.0 Å². The largest absolute Gasteiger partial charge is 0.463 e. The van der Waals surface area contributed by atoms with E-state index in [0.717, 1.165) is 5.56 Å². The molecule has 0 unspecified atom stereocenters. The zero-order chi connectivity index (χ0) is 16.6. The Kier molecular flexibility index (Phi) is 3.65. The average Bonchev–Trinajstić information content (AvgIpc) is 3.08. The summed E-state index contributed by atoms with van der Waals surface area (Å²) in [6.45, 7) is 1.93. The van der Waals surface area contributed by atoms with Crippen molar-refractivity contribution in [3.05, 3.63) is 53.5 Å². The van der Waals surface area contributed by atoms with E-state index in [1.165, 1.54) is 7.11 Å². The SMILES string of the molecule is COC(=O)c1cc2cc(NC(=O)c3cc(C)cn3C)ccc2o1. The van der Waals surface area contributed by atoms with Gasteiger partial charge in [-0.25, -0.2) is 4.79 Å². The first kappa shape index (κ1) is 14.9. The second-order valence-electron chi connectivity index (χ2n) is 5.32. The summed E-state index contributed by atoms with van der Waals surface area (Å²) in [4.78, 5) is 23.8. The van der Waals surface area contributed by atoms with Gasteiger partial charge in [0.2, 0.25) is 5.76 Å². The van der Waals surface area contributed by atoms with Crippen LogP contribution in [0.5, 0.6) is 0 Å². The Morgan fingerprint density at radius 1 is 1.22 bits per heavy atom. The summed E-state index contributed by atoms with van der Waals surface area (Å²) >= 11 is 0. The molecule has 0 aliphatic rings. The number of methoxy groups -OCH3 is 1. The number of benzene rings is 1. The van der Waals surface area contributed by atoms with Crippen molar-refractivity contribution in [1.29, 1.82) is 0 Å². The predicted molar refractivity (Wildman–Crippen MR) is 85.7 cm³/mol. The number of nitrogens with zero attached hydrogens (tertiary/aromatic N) is 1. The average molecular weight is 312 g/mol. The third-order valence-corrected chi connectivity index (χ3v) is 3.54. The van der Waals surface area contributed by atoms with Gasteiger partial charge in [0.1, 0.15) is 11.3 Å². The molecule has 0 aliphatic carbocycles. The maximum Gasteiger partial charge on any atom is 0.373 e. The second kappa shape index (κ2) is 5.64. The molecular weight excluding hydrogens is 296 g/mol. The molecule has 118 valence electrons. The van der Waals surface area contributed by atoms with Crippen molar-refractivity contribution < 1.29 is 18.7 Å². The van der Waals surface area contributed by atoms with Crippen LogP contribution in [0.1, 0.15) is 26.6 Å². The van der Waals surface area contributed by atoms with E-state index < -0.39 is 5.97 Å². The molecule has 23 heavy (non-hydrogen) atoms. The molecular formula is C17H16N2O4. The monoisotopic (exact) mass is 312 g/mol. The van der Waals surface area contributed by atoms with Crippen molar-refractivity contribution in [3.8, 4) is 0 Å². The number of carbonyl (C=O) groups excluding carboxylic acids is 2. The molecule has 2 aromatic heterocycles. The number of anilines is 1. The fourth-order valence-corrected chi connectivity index (χ4v) is 2.47. The summed E-state index contributed by atoms with van der Waals surface area (Å²) in [5.74, 6) is -0.605. The molecule has 3 rings (SSSR count). The molecule has 1 amide bonds. The lowest BCUT2D eigenvalue weighted by Gasteiger charge is -2.05. The minimum Gasteiger partial charge on any atom is -0.463 e. The highest BCUT2D eigenvalue weighted by Gasteiger charge is 2.14. The van der Waals surface area contributed by atoms with Gasteiger partial charge in [0.05, 0.1) is 7.11 Å². The van der Waals surface area contributed by atoms with Crippen LogP contribution in [0.3, 0.4) is 0 Å². The summed E-state index contributed by atoms with van der Waals surface area (Å²) in [6.07, 6.45) is 1.89. The molecule has 0 radical (unpaired) electrons. The number of esters is 1. The van der Waals surface area contributed by atoms with Crippen LogP contribution >= 0.6 is 0 Å². The van der Waals surface area contributed by atoms with Crippen LogP contribution < -0.4 is 5.32 Å². The fraction of sp³-hybridized carbons (Fsp3) is 0.176. The van der Waals surface area contributed by atoms with E-state index in [4.69, 9.17) is 4.42 Å². The first-order chi connectivity index (χ1) is 11.0. The lowest BCUT2D eigenvalue weighted by Crippen LogP contribution is -2.15. The van der Waals surface area contributed by atoms with Crippen molar-refractivity contribution in [2.75, 3.05) is 12.4 Å². The van der Waals surface area contributed by atoms with E-state index in [1.54, 1.807) is 28.8 Å². The number of hydrogen-bond acceptors (Lipinski definition) is 4. The number of amides is 1. The predicted octanol–water partition coefficient (Wildman–Crippen LogP) is 3.12. The van der Waals surface area contributed by atoms with Gasteiger partial charge in [0.15, 0.2) is 0 Å². The number of ether oxygens (including phenoxy) is 1. The van der Waals surface area contributed by atoms with Gasteiger partial charge in [-0.2, -0.15) is 0 Å². The molecule has 0 atom stereocenters. The van der Waals surface area contributed by atoms with Crippen LogP contribution in [0.25, 0.3) is 11.0 Å². The minimum atomic E-state index is -0.536. The number of aryl methyl sites for hydroxylation is 2. The summed E-state index contributed by atoms with van der Waals surface area (Å²) in [6, 6.07) is 8.58. The van der Waals surface area contributed by atoms with Crippen LogP contribution in [0.2, 0.25) is 0 Å². The van der Waals surface area contributed by atoms with Gasteiger partial charge >= 0.3 is 5.97 Å². The van der Waals surface area contributed by atoms with Crippen molar-refractivity contribution >= 4 is 28.5 Å². The maximum atomic E-state index is 12.3. The standard InChI is InChI=1S/C17H16N2O4/c1-10-6-13(19(2)9-10)16(20)18-12-4-5-14-11(7-12)8-15(23-14)17(21)22-3/h4-9H,1-3H3,(H,18,20). The first-order valence-electron chi connectivity index (χ1n) is 7.04. The molecule has 0 spiro atoms. The zero-order valence-electron chi connectivity index (χ0n) is 13.0. The molecule has 0 saturated carbocycles. The molecule has 6 heteroatoms. The quantitative estimate of drug-likeness (QED) is 0.754. The van der Waals surface area contributed by atoms with Gasteiger partial charge in [0, 0.05) is 24.3 Å². The molecule has 0 bridgehead atoms. The summed E-state index contributed by atoms with van der Waals surface area (Å²) < 4.78 is 11.8. The van der Waals surface area contributed by atoms with Crippen molar-refractivity contribution in [2.24, 2.45) is 7.05 Å². The number of rotatable bonds is 3. The molecule has 3 aromatic rings. The maximum absolute atomic E-state index is 12.3. The van der Waals surface area contributed by atoms with Crippen molar-refractivity contribution in [1.82, 2.24) is 4.57 Å². The van der Waals surface area contributed by atoms with Gasteiger partial charge in [-0.05, 0) is 42.8 Å². The minimum absolute atomic E-state index is 0.129. The van der Waals surface area contributed by atoms with Gasteiger partial charge in [-0.3, -0.25) is 4.79 Å². The highest BCUT2D eigenvalue weighted by molar-refractivity contribution is 6.04. The molecule has 0 fully saturated rings. The first-order valence-corrected chi connectivity index (χ1v) is 7.04. The number of carbonyl (C=O) groups is 2. The topological polar surface area (TPSA) is 73.5 Å². The zero-order valence-corrected chi connectivity index (χ0v) is 13.0. The number of aromatic nitrogens is 1. The second-order valence-corrected chi connectivity index (χ2v) is 5.32. The molecule has 1 aromatic carbocycles. The Bertz CT molecular complexity index is 905. The van der Waals surface area contributed by atoms with Crippen molar-refractivity contribution in [3.63, 3.8) is 0 Å².